The molecule has 2 rings (SSSR count). The highest BCUT2D eigenvalue weighted by molar-refractivity contribution is 5.69. The van der Waals surface area contributed by atoms with E-state index in [-0.39, 0.29) is 12.2 Å². The highest BCUT2D eigenvalue weighted by Crippen LogP contribution is 2.21. The molecule has 0 unspecified atom stereocenters. The zero-order valence-corrected chi connectivity index (χ0v) is 12.5. The van der Waals surface area contributed by atoms with E-state index in [0.29, 0.717) is 19.2 Å². The minimum Gasteiger partial charge on any atom is -0.444 e. The fourth-order valence-corrected chi connectivity index (χ4v) is 2.39. The molecule has 1 amide bonds. The van der Waals surface area contributed by atoms with Crippen LogP contribution in [0.4, 0.5) is 4.79 Å². The van der Waals surface area contributed by atoms with E-state index in [0.717, 1.165) is 25.9 Å². The van der Waals surface area contributed by atoms with E-state index in [9.17, 15) is 4.79 Å². The van der Waals surface area contributed by atoms with Gasteiger partial charge in [-0.15, -0.1) is 0 Å². The van der Waals surface area contributed by atoms with Gasteiger partial charge < -0.3 is 19.3 Å². The largest absolute Gasteiger partial charge is 0.444 e. The van der Waals surface area contributed by atoms with Crippen molar-refractivity contribution in [2.45, 2.75) is 51.4 Å². The first-order chi connectivity index (χ1) is 8.83. The lowest BCUT2D eigenvalue weighted by molar-refractivity contribution is -0.105. The lowest BCUT2D eigenvalue weighted by Gasteiger charge is -2.42. The minimum absolute atomic E-state index is 0.195. The van der Waals surface area contributed by atoms with Gasteiger partial charge in [-0.3, -0.25) is 0 Å². The highest BCUT2D eigenvalue weighted by atomic mass is 16.6. The number of likely N-dealkylation sites (tertiary alicyclic amines) is 2. The number of piperidine rings is 1. The molecule has 5 heteroatoms. The summed E-state index contributed by atoms with van der Waals surface area (Å²) in [6, 6.07) is 0. The van der Waals surface area contributed by atoms with Crippen LogP contribution >= 0.6 is 0 Å². The molecule has 0 aromatic heterocycles. The van der Waals surface area contributed by atoms with Crippen molar-refractivity contribution in [1.82, 2.24) is 9.80 Å². The van der Waals surface area contributed by atoms with Crippen molar-refractivity contribution < 1.29 is 14.3 Å². The van der Waals surface area contributed by atoms with Crippen molar-refractivity contribution in [2.75, 3.05) is 33.2 Å². The van der Waals surface area contributed by atoms with Crippen molar-refractivity contribution in [3.8, 4) is 0 Å². The first-order valence-electron chi connectivity index (χ1n) is 7.15. The molecule has 0 bridgehead atoms. The third-order valence-electron chi connectivity index (χ3n) is 3.55. The first kappa shape index (κ1) is 14.6. The molecule has 5 nitrogen and oxygen atoms in total. The van der Waals surface area contributed by atoms with E-state index in [2.05, 4.69) is 11.9 Å². The van der Waals surface area contributed by atoms with Crippen molar-refractivity contribution in [1.29, 1.82) is 0 Å². The Hall–Kier alpha value is -0.810. The van der Waals surface area contributed by atoms with Crippen molar-refractivity contribution in [3.63, 3.8) is 0 Å². The Kier molecular flexibility index (Phi) is 4.36. The molecule has 0 aromatic rings. The van der Waals surface area contributed by atoms with Gasteiger partial charge in [-0.25, -0.2) is 4.79 Å². The zero-order chi connectivity index (χ0) is 14.0. The number of carbonyl (C=O) groups excluding carboxylic acids is 1. The maximum atomic E-state index is 11.8. The molecule has 0 saturated carbocycles. The summed E-state index contributed by atoms with van der Waals surface area (Å²) in [4.78, 5) is 15.8. The summed E-state index contributed by atoms with van der Waals surface area (Å²) in [7, 11) is 2.14. The Morgan fingerprint density at radius 2 is 1.68 bits per heavy atom. The monoisotopic (exact) mass is 270 g/mol. The van der Waals surface area contributed by atoms with Gasteiger partial charge in [0.1, 0.15) is 5.60 Å². The maximum absolute atomic E-state index is 11.8. The summed E-state index contributed by atoms with van der Waals surface area (Å²) >= 11 is 0. The summed E-state index contributed by atoms with van der Waals surface area (Å²) in [5.41, 5.74) is -0.420. The number of nitrogens with zero attached hydrogens (tertiary/aromatic N) is 2. The fourth-order valence-electron chi connectivity index (χ4n) is 2.39. The lowest BCUT2D eigenvalue weighted by Crippen LogP contribution is -2.57. The van der Waals surface area contributed by atoms with Crippen LogP contribution < -0.4 is 0 Å². The molecule has 0 aromatic carbocycles. The van der Waals surface area contributed by atoms with Crippen LogP contribution in [0.25, 0.3) is 0 Å². The number of ether oxygens (including phenoxy) is 2. The van der Waals surface area contributed by atoms with Gasteiger partial charge in [-0.2, -0.15) is 0 Å². The number of rotatable bonds is 2. The second kappa shape index (κ2) is 5.67. The van der Waals surface area contributed by atoms with Crippen molar-refractivity contribution in [3.05, 3.63) is 0 Å². The number of hydrogen-bond acceptors (Lipinski definition) is 4. The van der Waals surface area contributed by atoms with E-state index in [1.54, 1.807) is 4.90 Å². The van der Waals surface area contributed by atoms with Gasteiger partial charge in [0.25, 0.3) is 0 Å². The molecule has 2 aliphatic heterocycles. The van der Waals surface area contributed by atoms with Crippen LogP contribution in [0.1, 0.15) is 33.6 Å². The Labute approximate surface area is 115 Å². The van der Waals surface area contributed by atoms with Gasteiger partial charge in [0.2, 0.25) is 0 Å². The van der Waals surface area contributed by atoms with E-state index in [4.69, 9.17) is 9.47 Å². The molecule has 2 heterocycles. The smallest absolute Gasteiger partial charge is 0.410 e. The third kappa shape index (κ3) is 4.35. The average molecular weight is 270 g/mol. The van der Waals surface area contributed by atoms with Crippen LogP contribution in [0.15, 0.2) is 0 Å². The predicted molar refractivity (Wildman–Crippen MR) is 73.2 cm³/mol. The minimum atomic E-state index is -0.420. The molecule has 2 aliphatic rings. The van der Waals surface area contributed by atoms with Crippen LogP contribution in [0.5, 0.6) is 0 Å². The molecule has 110 valence electrons. The molecule has 2 saturated heterocycles. The number of hydrogen-bond donors (Lipinski definition) is 0. The van der Waals surface area contributed by atoms with Crippen molar-refractivity contribution >= 4 is 6.09 Å². The van der Waals surface area contributed by atoms with E-state index in [1.807, 2.05) is 20.8 Å². The van der Waals surface area contributed by atoms with Crippen LogP contribution in [0.2, 0.25) is 0 Å². The second-order valence-corrected chi connectivity index (χ2v) is 6.65. The molecule has 2 fully saturated rings. The molecular formula is C14H26N2O3. The van der Waals surface area contributed by atoms with E-state index < -0.39 is 5.60 Å². The molecule has 0 aliphatic carbocycles. The number of carbonyl (C=O) groups is 1. The summed E-state index contributed by atoms with van der Waals surface area (Å²) in [6.07, 6.45) is 2.53. The van der Waals surface area contributed by atoms with Gasteiger partial charge in [0.05, 0.1) is 25.3 Å². The average Bonchev–Trinajstić information content (AvgIpc) is 2.22. The fraction of sp³-hybridized carbons (Fsp3) is 0.929. The predicted octanol–water partition coefficient (Wildman–Crippen LogP) is 1.72. The van der Waals surface area contributed by atoms with Gasteiger partial charge in [-0.05, 0) is 40.7 Å². The standard InChI is InChI=1S/C14H26N2O3/c1-14(2,3)19-13(17)16-9-12(10-16)18-11-5-7-15(4)8-6-11/h11-12H,5-10H2,1-4H3. The number of amides is 1. The van der Waals surface area contributed by atoms with Crippen LogP contribution in [0.3, 0.4) is 0 Å². The Bertz CT molecular complexity index is 313. The van der Waals surface area contributed by atoms with Crippen LogP contribution in [0, 0.1) is 0 Å². The van der Waals surface area contributed by atoms with E-state index in [1.165, 1.54) is 0 Å². The molecule has 0 N–H and O–H groups in total. The lowest BCUT2D eigenvalue weighted by atomic mass is 10.1. The van der Waals surface area contributed by atoms with Gasteiger partial charge in [0, 0.05) is 13.1 Å². The maximum Gasteiger partial charge on any atom is 0.410 e. The third-order valence-corrected chi connectivity index (χ3v) is 3.55. The van der Waals surface area contributed by atoms with Gasteiger partial charge in [-0.1, -0.05) is 0 Å². The molecule has 0 atom stereocenters. The molecular weight excluding hydrogens is 244 g/mol. The quantitative estimate of drug-likeness (QED) is 0.766. The topological polar surface area (TPSA) is 42.0 Å². The van der Waals surface area contributed by atoms with Crippen LogP contribution in [-0.2, 0) is 9.47 Å². The Balaban J connectivity index is 1.65. The Morgan fingerprint density at radius 1 is 1.11 bits per heavy atom. The molecule has 19 heavy (non-hydrogen) atoms. The van der Waals surface area contributed by atoms with Gasteiger partial charge >= 0.3 is 6.09 Å². The summed E-state index contributed by atoms with van der Waals surface area (Å²) in [5.74, 6) is 0. The second-order valence-electron chi connectivity index (χ2n) is 6.65. The first-order valence-corrected chi connectivity index (χ1v) is 7.15. The van der Waals surface area contributed by atoms with Gasteiger partial charge in [0.15, 0.2) is 0 Å². The van der Waals surface area contributed by atoms with Crippen molar-refractivity contribution in [2.24, 2.45) is 0 Å². The van der Waals surface area contributed by atoms with E-state index >= 15 is 0 Å². The molecule has 0 spiro atoms. The normalized spacial score (nSPS) is 23.3. The summed E-state index contributed by atoms with van der Waals surface area (Å²) in [6.45, 7) is 9.20. The summed E-state index contributed by atoms with van der Waals surface area (Å²) < 4.78 is 11.3. The van der Waals surface area contributed by atoms with Crippen LogP contribution in [-0.4, -0.2) is 66.9 Å². The SMILES string of the molecule is CN1CCC(OC2CN(C(=O)OC(C)(C)C)C2)CC1. The molecule has 0 radical (unpaired) electrons. The Morgan fingerprint density at radius 3 is 2.21 bits per heavy atom. The summed E-state index contributed by atoms with van der Waals surface area (Å²) in [5, 5.41) is 0. The highest BCUT2D eigenvalue weighted by Gasteiger charge is 2.36. The zero-order valence-electron chi connectivity index (χ0n) is 12.5.